The monoisotopic (exact) mass is 430 g/mol. The van der Waals surface area contributed by atoms with Gasteiger partial charge in [0.2, 0.25) is 5.91 Å². The number of anilines is 1. The highest BCUT2D eigenvalue weighted by Crippen LogP contribution is 2.29. The molecule has 0 radical (unpaired) electrons. The van der Waals surface area contributed by atoms with Gasteiger partial charge in [-0.05, 0) is 25.0 Å². The van der Waals surface area contributed by atoms with Gasteiger partial charge < -0.3 is 20.3 Å². The van der Waals surface area contributed by atoms with E-state index < -0.39 is 11.7 Å². The molecule has 1 aromatic rings. The summed E-state index contributed by atoms with van der Waals surface area (Å²) in [6.45, 7) is 2.92. The standard InChI is InChI=1S/C16H21F3N4O2.2ClH/c17-16(18,19)11-1-2-14(21-9-11)23-6-3-12(4-7-23)22-15(24)13-10-25-8-5-20-13;;/h1-2,9,12-13,20H,3-8,10H2,(H,22,24);2*1H. The van der Waals surface area contributed by atoms with Crippen LogP contribution < -0.4 is 15.5 Å². The highest BCUT2D eigenvalue weighted by Gasteiger charge is 2.31. The number of nitrogens with one attached hydrogen (secondary N) is 2. The molecule has 0 spiro atoms. The molecule has 1 aromatic heterocycles. The number of alkyl halides is 3. The number of morpholine rings is 1. The van der Waals surface area contributed by atoms with E-state index in [0.29, 0.717) is 38.7 Å². The van der Waals surface area contributed by atoms with Crippen LogP contribution in [-0.2, 0) is 15.7 Å². The summed E-state index contributed by atoms with van der Waals surface area (Å²) in [6.07, 6.45) is -2.07. The van der Waals surface area contributed by atoms with Crippen LogP contribution >= 0.6 is 24.8 Å². The number of nitrogens with zero attached hydrogens (tertiary/aromatic N) is 2. The van der Waals surface area contributed by atoms with Crippen molar-refractivity contribution in [2.24, 2.45) is 0 Å². The quantitative estimate of drug-likeness (QED) is 0.767. The van der Waals surface area contributed by atoms with Crippen molar-refractivity contribution in [2.75, 3.05) is 37.7 Å². The Morgan fingerprint density at radius 3 is 2.48 bits per heavy atom. The molecule has 11 heteroatoms. The first-order valence-electron chi connectivity index (χ1n) is 8.33. The molecule has 2 saturated heterocycles. The molecule has 0 aliphatic carbocycles. The van der Waals surface area contributed by atoms with Crippen molar-refractivity contribution in [1.29, 1.82) is 0 Å². The zero-order valence-corrected chi connectivity index (χ0v) is 16.1. The van der Waals surface area contributed by atoms with E-state index in [-0.39, 0.29) is 42.8 Å². The maximum absolute atomic E-state index is 12.6. The van der Waals surface area contributed by atoms with Gasteiger partial charge in [0, 0.05) is 31.9 Å². The maximum Gasteiger partial charge on any atom is 0.417 e. The van der Waals surface area contributed by atoms with Gasteiger partial charge in [0.15, 0.2) is 0 Å². The summed E-state index contributed by atoms with van der Waals surface area (Å²) < 4.78 is 43.0. The second kappa shape index (κ2) is 10.3. The molecule has 1 atom stereocenters. The van der Waals surface area contributed by atoms with E-state index in [2.05, 4.69) is 15.6 Å². The van der Waals surface area contributed by atoms with Gasteiger partial charge in [0.25, 0.3) is 0 Å². The van der Waals surface area contributed by atoms with E-state index in [0.717, 1.165) is 25.1 Å². The first-order valence-corrected chi connectivity index (χ1v) is 8.33. The van der Waals surface area contributed by atoms with Crippen LogP contribution in [0.25, 0.3) is 0 Å². The van der Waals surface area contributed by atoms with E-state index in [9.17, 15) is 18.0 Å². The lowest BCUT2D eigenvalue weighted by molar-refractivity contribution is -0.137. The number of carbonyl (C=O) groups is 1. The Morgan fingerprint density at radius 2 is 1.96 bits per heavy atom. The van der Waals surface area contributed by atoms with Gasteiger partial charge in [-0.2, -0.15) is 13.2 Å². The van der Waals surface area contributed by atoms with Crippen molar-refractivity contribution in [3.8, 4) is 0 Å². The summed E-state index contributed by atoms with van der Waals surface area (Å²) in [5.41, 5.74) is -0.749. The van der Waals surface area contributed by atoms with E-state index in [4.69, 9.17) is 4.74 Å². The molecule has 3 rings (SSSR count). The molecule has 3 heterocycles. The van der Waals surface area contributed by atoms with Crippen molar-refractivity contribution in [3.63, 3.8) is 0 Å². The predicted molar refractivity (Wildman–Crippen MR) is 99.7 cm³/mol. The summed E-state index contributed by atoms with van der Waals surface area (Å²) in [5.74, 6) is 0.464. The summed E-state index contributed by atoms with van der Waals surface area (Å²) >= 11 is 0. The number of aromatic nitrogens is 1. The summed E-state index contributed by atoms with van der Waals surface area (Å²) in [5, 5.41) is 6.12. The second-order valence-electron chi connectivity index (χ2n) is 6.25. The van der Waals surface area contributed by atoms with Gasteiger partial charge in [-0.25, -0.2) is 4.98 Å². The number of rotatable bonds is 3. The first-order chi connectivity index (χ1) is 11.9. The van der Waals surface area contributed by atoms with Gasteiger partial charge in [-0.15, -0.1) is 24.8 Å². The Bertz CT molecular complexity index is 590. The molecule has 1 unspecified atom stereocenters. The third-order valence-corrected chi connectivity index (χ3v) is 4.48. The highest BCUT2D eigenvalue weighted by atomic mass is 35.5. The van der Waals surface area contributed by atoms with Crippen molar-refractivity contribution in [2.45, 2.75) is 31.1 Å². The van der Waals surface area contributed by atoms with Crippen LogP contribution in [0.5, 0.6) is 0 Å². The Labute approximate surface area is 168 Å². The summed E-state index contributed by atoms with van der Waals surface area (Å²) in [4.78, 5) is 18.0. The average molecular weight is 431 g/mol. The zero-order chi connectivity index (χ0) is 17.9. The van der Waals surface area contributed by atoms with Crippen LogP contribution in [0.2, 0.25) is 0 Å². The van der Waals surface area contributed by atoms with Crippen molar-refractivity contribution >= 4 is 36.5 Å². The number of piperidine rings is 1. The molecule has 6 nitrogen and oxygen atoms in total. The summed E-state index contributed by atoms with van der Waals surface area (Å²) in [7, 11) is 0. The zero-order valence-electron chi connectivity index (χ0n) is 14.5. The van der Waals surface area contributed by atoms with Gasteiger partial charge in [0.05, 0.1) is 18.8 Å². The number of pyridine rings is 1. The van der Waals surface area contributed by atoms with Gasteiger partial charge >= 0.3 is 6.18 Å². The SMILES string of the molecule is Cl.Cl.O=C(NC1CCN(c2ccc(C(F)(F)F)cn2)CC1)C1COCCN1. The molecule has 1 amide bonds. The number of hydrogen-bond acceptors (Lipinski definition) is 5. The lowest BCUT2D eigenvalue weighted by Gasteiger charge is -2.34. The Balaban J connectivity index is 0.00000182. The third kappa shape index (κ3) is 6.38. The fourth-order valence-corrected chi connectivity index (χ4v) is 3.03. The number of amides is 1. The molecule has 0 bridgehead atoms. The molecule has 2 N–H and O–H groups in total. The van der Waals surface area contributed by atoms with Crippen LogP contribution in [0.4, 0.5) is 19.0 Å². The smallest absolute Gasteiger partial charge is 0.378 e. The average Bonchev–Trinajstić information content (AvgIpc) is 2.62. The first kappa shape index (κ1) is 23.7. The van der Waals surface area contributed by atoms with Gasteiger partial charge in [-0.3, -0.25) is 4.79 Å². The molecule has 2 aliphatic rings. The Kier molecular flexibility index (Phi) is 9.07. The number of ether oxygens (including phenoxy) is 1. The van der Waals surface area contributed by atoms with Crippen LogP contribution in [0.15, 0.2) is 18.3 Å². The Morgan fingerprint density at radius 1 is 1.26 bits per heavy atom. The molecule has 2 aliphatic heterocycles. The molecule has 27 heavy (non-hydrogen) atoms. The van der Waals surface area contributed by atoms with Crippen molar-refractivity contribution < 1.29 is 22.7 Å². The normalized spacial score (nSPS) is 21.0. The minimum atomic E-state index is -4.38. The fourth-order valence-electron chi connectivity index (χ4n) is 3.03. The summed E-state index contributed by atoms with van der Waals surface area (Å²) in [6, 6.07) is 2.18. The lowest BCUT2D eigenvalue weighted by atomic mass is 10.0. The second-order valence-corrected chi connectivity index (χ2v) is 6.25. The third-order valence-electron chi connectivity index (χ3n) is 4.48. The predicted octanol–water partition coefficient (Wildman–Crippen LogP) is 2.02. The van der Waals surface area contributed by atoms with Crippen molar-refractivity contribution in [3.05, 3.63) is 23.9 Å². The minimum Gasteiger partial charge on any atom is -0.378 e. The molecule has 0 saturated carbocycles. The molecule has 2 fully saturated rings. The van der Waals surface area contributed by atoms with E-state index in [1.165, 1.54) is 6.07 Å². The largest absolute Gasteiger partial charge is 0.417 e. The maximum atomic E-state index is 12.6. The molecule has 0 aromatic carbocycles. The number of hydrogen-bond donors (Lipinski definition) is 2. The Hall–Kier alpha value is -1.29. The lowest BCUT2D eigenvalue weighted by Crippen LogP contribution is -2.55. The highest BCUT2D eigenvalue weighted by molar-refractivity contribution is 5.85. The number of carbonyl (C=O) groups excluding carboxylic acids is 1. The van der Waals surface area contributed by atoms with Gasteiger partial charge in [-0.1, -0.05) is 0 Å². The van der Waals surface area contributed by atoms with E-state index in [1.54, 1.807) is 0 Å². The van der Waals surface area contributed by atoms with Gasteiger partial charge in [0.1, 0.15) is 11.9 Å². The van der Waals surface area contributed by atoms with E-state index >= 15 is 0 Å². The van der Waals surface area contributed by atoms with Crippen molar-refractivity contribution in [1.82, 2.24) is 15.6 Å². The van der Waals surface area contributed by atoms with Crippen LogP contribution in [0.1, 0.15) is 18.4 Å². The fraction of sp³-hybridized carbons (Fsp3) is 0.625. The minimum absolute atomic E-state index is 0. The molecular formula is C16H23Cl2F3N4O2. The topological polar surface area (TPSA) is 66.5 Å². The van der Waals surface area contributed by atoms with Crippen LogP contribution in [0, 0.1) is 0 Å². The number of halogens is 5. The molecular weight excluding hydrogens is 408 g/mol. The molecule has 154 valence electrons. The van der Waals surface area contributed by atoms with Crippen LogP contribution in [0.3, 0.4) is 0 Å². The van der Waals surface area contributed by atoms with Crippen LogP contribution in [-0.4, -0.2) is 55.8 Å². The van der Waals surface area contributed by atoms with E-state index in [1.807, 2.05) is 4.90 Å².